The van der Waals surface area contributed by atoms with Gasteiger partial charge >= 0.3 is 0 Å². The zero-order chi connectivity index (χ0) is 19.4. The van der Waals surface area contributed by atoms with Crippen LogP contribution in [0.4, 0.5) is 23.2 Å². The lowest BCUT2D eigenvalue weighted by atomic mass is 10.2. The SMILES string of the molecule is O=C(COc1ccc(F)cc1F)N(Cc1ccco1)c1ccc(F)cc1F. The molecule has 3 rings (SSSR count). The second-order valence-corrected chi connectivity index (χ2v) is 5.52. The summed E-state index contributed by atoms with van der Waals surface area (Å²) < 4.78 is 64.1. The fourth-order valence-electron chi connectivity index (χ4n) is 2.38. The van der Waals surface area contributed by atoms with Crippen LogP contribution in [0.5, 0.6) is 5.75 Å². The smallest absolute Gasteiger partial charge is 0.265 e. The molecule has 1 aromatic heterocycles. The number of amides is 1. The highest BCUT2D eigenvalue weighted by Crippen LogP contribution is 2.24. The number of hydrogen-bond acceptors (Lipinski definition) is 3. The minimum Gasteiger partial charge on any atom is -0.481 e. The summed E-state index contributed by atoms with van der Waals surface area (Å²) in [4.78, 5) is 13.5. The molecule has 0 fully saturated rings. The van der Waals surface area contributed by atoms with Crippen LogP contribution in [0.1, 0.15) is 5.76 Å². The van der Waals surface area contributed by atoms with Crippen molar-refractivity contribution in [2.75, 3.05) is 11.5 Å². The van der Waals surface area contributed by atoms with Crippen LogP contribution in [0.2, 0.25) is 0 Å². The minimum absolute atomic E-state index is 0.149. The predicted molar refractivity (Wildman–Crippen MR) is 88.1 cm³/mol. The van der Waals surface area contributed by atoms with Crippen molar-refractivity contribution in [3.05, 3.63) is 83.8 Å². The summed E-state index contributed by atoms with van der Waals surface area (Å²) in [5.41, 5.74) is -0.194. The molecule has 0 atom stereocenters. The van der Waals surface area contributed by atoms with Gasteiger partial charge in [0.25, 0.3) is 5.91 Å². The third-order valence-electron chi connectivity index (χ3n) is 3.64. The number of rotatable bonds is 6. The summed E-state index contributed by atoms with van der Waals surface area (Å²) in [5.74, 6) is -4.25. The van der Waals surface area contributed by atoms with E-state index in [1.165, 1.54) is 6.26 Å². The molecule has 0 aliphatic carbocycles. The van der Waals surface area contributed by atoms with Crippen molar-refractivity contribution in [2.24, 2.45) is 0 Å². The highest BCUT2D eigenvalue weighted by Gasteiger charge is 2.22. The number of benzene rings is 2. The average Bonchev–Trinajstić information content (AvgIpc) is 3.12. The lowest BCUT2D eigenvalue weighted by molar-refractivity contribution is -0.120. The second-order valence-electron chi connectivity index (χ2n) is 5.52. The summed E-state index contributed by atoms with van der Waals surface area (Å²) in [6.45, 7) is -0.802. The summed E-state index contributed by atoms with van der Waals surface area (Å²) in [7, 11) is 0. The highest BCUT2D eigenvalue weighted by molar-refractivity contribution is 5.94. The molecule has 0 N–H and O–H groups in total. The van der Waals surface area contributed by atoms with Crippen molar-refractivity contribution in [1.82, 2.24) is 0 Å². The Kier molecular flexibility index (Phi) is 5.44. The molecule has 0 radical (unpaired) electrons. The van der Waals surface area contributed by atoms with Crippen molar-refractivity contribution in [1.29, 1.82) is 0 Å². The molecule has 0 aliphatic heterocycles. The molecule has 1 heterocycles. The van der Waals surface area contributed by atoms with Crippen LogP contribution in [-0.4, -0.2) is 12.5 Å². The Hall–Kier alpha value is -3.29. The van der Waals surface area contributed by atoms with Gasteiger partial charge in [0.15, 0.2) is 18.2 Å². The maximum atomic E-state index is 14.2. The molecule has 8 heteroatoms. The van der Waals surface area contributed by atoms with E-state index in [0.29, 0.717) is 17.9 Å². The molecule has 4 nitrogen and oxygen atoms in total. The van der Waals surface area contributed by atoms with Gasteiger partial charge in [-0.15, -0.1) is 0 Å². The van der Waals surface area contributed by atoms with Crippen LogP contribution in [0.3, 0.4) is 0 Å². The third kappa shape index (κ3) is 4.46. The Balaban J connectivity index is 1.82. The number of hydrogen-bond donors (Lipinski definition) is 0. The monoisotopic (exact) mass is 379 g/mol. The van der Waals surface area contributed by atoms with E-state index in [1.54, 1.807) is 12.1 Å². The molecule has 0 saturated heterocycles. The first-order valence-corrected chi connectivity index (χ1v) is 7.79. The molecule has 3 aromatic rings. The topological polar surface area (TPSA) is 42.7 Å². The number of carbonyl (C=O) groups is 1. The average molecular weight is 379 g/mol. The van der Waals surface area contributed by atoms with Gasteiger partial charge in [-0.25, -0.2) is 17.6 Å². The molecule has 0 unspecified atom stereocenters. The van der Waals surface area contributed by atoms with Gasteiger partial charge in [0.2, 0.25) is 0 Å². The summed E-state index contributed by atoms with van der Waals surface area (Å²) in [6, 6.07) is 8.52. The van der Waals surface area contributed by atoms with Crippen molar-refractivity contribution in [3.8, 4) is 5.75 Å². The standard InChI is InChI=1S/C19H13F4NO3/c20-12-3-5-17(15(22)8-12)24(10-14-2-1-7-26-14)19(25)11-27-18-6-4-13(21)9-16(18)23/h1-9H,10-11H2. The summed E-state index contributed by atoms with van der Waals surface area (Å²) >= 11 is 0. The number of furan rings is 1. The maximum absolute atomic E-state index is 14.2. The van der Waals surface area contributed by atoms with Crippen LogP contribution in [-0.2, 0) is 11.3 Å². The fourth-order valence-corrected chi connectivity index (χ4v) is 2.38. The van der Waals surface area contributed by atoms with E-state index in [1.807, 2.05) is 0 Å². The Morgan fingerprint density at radius 1 is 0.963 bits per heavy atom. The fraction of sp³-hybridized carbons (Fsp3) is 0.105. The molecule has 27 heavy (non-hydrogen) atoms. The summed E-state index contributed by atoms with van der Waals surface area (Å²) in [5, 5.41) is 0. The molecular weight excluding hydrogens is 366 g/mol. The van der Waals surface area contributed by atoms with Crippen molar-refractivity contribution in [2.45, 2.75) is 6.54 Å². The molecular formula is C19H13F4NO3. The van der Waals surface area contributed by atoms with Gasteiger partial charge in [-0.3, -0.25) is 9.69 Å². The molecule has 1 amide bonds. The van der Waals surface area contributed by atoms with E-state index < -0.39 is 35.8 Å². The molecule has 0 saturated carbocycles. The van der Waals surface area contributed by atoms with E-state index >= 15 is 0 Å². The van der Waals surface area contributed by atoms with E-state index in [-0.39, 0.29) is 18.0 Å². The van der Waals surface area contributed by atoms with E-state index in [0.717, 1.165) is 29.2 Å². The van der Waals surface area contributed by atoms with Crippen LogP contribution in [0.15, 0.2) is 59.2 Å². The van der Waals surface area contributed by atoms with Crippen LogP contribution in [0.25, 0.3) is 0 Å². The predicted octanol–water partition coefficient (Wildman–Crippen LogP) is 4.45. The van der Waals surface area contributed by atoms with Crippen molar-refractivity contribution >= 4 is 11.6 Å². The zero-order valence-electron chi connectivity index (χ0n) is 13.8. The van der Waals surface area contributed by atoms with E-state index in [2.05, 4.69) is 0 Å². The molecule has 0 spiro atoms. The third-order valence-corrected chi connectivity index (χ3v) is 3.64. The van der Waals surface area contributed by atoms with Gasteiger partial charge in [-0.1, -0.05) is 0 Å². The molecule has 0 aliphatic rings. The number of carbonyl (C=O) groups excluding carboxylic acids is 1. The number of ether oxygens (including phenoxy) is 1. The maximum Gasteiger partial charge on any atom is 0.265 e. The van der Waals surface area contributed by atoms with Gasteiger partial charge in [-0.2, -0.15) is 0 Å². The molecule has 140 valence electrons. The Bertz CT molecular complexity index is 944. The lowest BCUT2D eigenvalue weighted by Crippen LogP contribution is -2.35. The second kappa shape index (κ2) is 7.94. The normalized spacial score (nSPS) is 10.7. The minimum atomic E-state index is -0.978. The Morgan fingerprint density at radius 3 is 2.30 bits per heavy atom. The van der Waals surface area contributed by atoms with Crippen molar-refractivity contribution in [3.63, 3.8) is 0 Å². The van der Waals surface area contributed by atoms with Crippen LogP contribution in [0, 0.1) is 23.3 Å². The van der Waals surface area contributed by atoms with Crippen molar-refractivity contribution < 1.29 is 31.5 Å². The van der Waals surface area contributed by atoms with Gasteiger partial charge in [-0.05, 0) is 36.4 Å². The highest BCUT2D eigenvalue weighted by atomic mass is 19.1. The van der Waals surface area contributed by atoms with Crippen LogP contribution < -0.4 is 9.64 Å². The first kappa shape index (κ1) is 18.5. The van der Waals surface area contributed by atoms with Gasteiger partial charge in [0, 0.05) is 12.1 Å². The Labute approximate surface area is 151 Å². The van der Waals surface area contributed by atoms with Gasteiger partial charge < -0.3 is 9.15 Å². The molecule has 2 aromatic carbocycles. The number of anilines is 1. The lowest BCUT2D eigenvalue weighted by Gasteiger charge is -2.22. The van der Waals surface area contributed by atoms with Gasteiger partial charge in [0.05, 0.1) is 18.5 Å². The largest absolute Gasteiger partial charge is 0.481 e. The van der Waals surface area contributed by atoms with E-state index in [4.69, 9.17) is 9.15 Å². The zero-order valence-corrected chi connectivity index (χ0v) is 13.8. The van der Waals surface area contributed by atoms with Gasteiger partial charge in [0.1, 0.15) is 23.2 Å². The first-order chi connectivity index (χ1) is 12.9. The number of nitrogens with zero attached hydrogens (tertiary/aromatic N) is 1. The first-order valence-electron chi connectivity index (χ1n) is 7.79. The molecule has 0 bridgehead atoms. The van der Waals surface area contributed by atoms with E-state index in [9.17, 15) is 22.4 Å². The summed E-state index contributed by atoms with van der Waals surface area (Å²) in [6.07, 6.45) is 1.38. The van der Waals surface area contributed by atoms with Crippen LogP contribution >= 0.6 is 0 Å². The number of halogens is 4. The quantitative estimate of drug-likeness (QED) is 0.595. The Morgan fingerprint density at radius 2 is 1.67 bits per heavy atom.